The van der Waals surface area contributed by atoms with Gasteiger partial charge in [-0.25, -0.2) is 0 Å². The first kappa shape index (κ1) is 15.5. The number of pyridine rings is 1. The molecule has 1 aromatic heterocycles. The van der Waals surface area contributed by atoms with Gasteiger partial charge in [0, 0.05) is 31.4 Å². The van der Waals surface area contributed by atoms with Crippen LogP contribution in [0.2, 0.25) is 0 Å². The molecule has 1 aromatic rings. The smallest absolute Gasteiger partial charge is 0.272 e. The molecule has 114 valence electrons. The van der Waals surface area contributed by atoms with Crippen LogP contribution < -0.4 is 5.32 Å². The SMILES string of the molecule is CCCCNC(=O)c1ccnc(C(=O)N2CCCCC2)c1. The summed E-state index contributed by atoms with van der Waals surface area (Å²) < 4.78 is 0. The number of hydrogen-bond donors (Lipinski definition) is 1. The Balaban J connectivity index is 2.02. The second-order valence-corrected chi connectivity index (χ2v) is 5.39. The molecule has 0 unspecified atom stereocenters. The molecule has 2 heterocycles. The first-order chi connectivity index (χ1) is 10.2. The average Bonchev–Trinajstić information content (AvgIpc) is 2.55. The van der Waals surface area contributed by atoms with Crippen molar-refractivity contribution < 1.29 is 9.59 Å². The van der Waals surface area contributed by atoms with Gasteiger partial charge in [0.15, 0.2) is 0 Å². The van der Waals surface area contributed by atoms with Crippen molar-refractivity contribution in [3.63, 3.8) is 0 Å². The number of carbonyl (C=O) groups excluding carboxylic acids is 2. The first-order valence-electron chi connectivity index (χ1n) is 7.76. The Labute approximate surface area is 125 Å². The average molecular weight is 289 g/mol. The molecule has 21 heavy (non-hydrogen) atoms. The summed E-state index contributed by atoms with van der Waals surface area (Å²) in [6.45, 7) is 4.31. The Bertz CT molecular complexity index is 496. The van der Waals surface area contributed by atoms with Crippen molar-refractivity contribution >= 4 is 11.8 Å². The predicted molar refractivity (Wildman–Crippen MR) is 81.2 cm³/mol. The molecule has 0 spiro atoms. The zero-order valence-corrected chi connectivity index (χ0v) is 12.6. The minimum Gasteiger partial charge on any atom is -0.352 e. The van der Waals surface area contributed by atoms with Crippen molar-refractivity contribution in [2.75, 3.05) is 19.6 Å². The Hall–Kier alpha value is -1.91. The van der Waals surface area contributed by atoms with Gasteiger partial charge < -0.3 is 10.2 Å². The third-order valence-corrected chi connectivity index (χ3v) is 3.70. The fraction of sp³-hybridized carbons (Fsp3) is 0.562. The Morgan fingerprint density at radius 1 is 1.29 bits per heavy atom. The molecule has 2 amide bonds. The van der Waals surface area contributed by atoms with E-state index in [1.807, 2.05) is 4.90 Å². The van der Waals surface area contributed by atoms with Gasteiger partial charge >= 0.3 is 0 Å². The summed E-state index contributed by atoms with van der Waals surface area (Å²) in [5.41, 5.74) is 0.863. The summed E-state index contributed by atoms with van der Waals surface area (Å²) in [7, 11) is 0. The summed E-state index contributed by atoms with van der Waals surface area (Å²) >= 11 is 0. The molecule has 1 N–H and O–H groups in total. The van der Waals surface area contributed by atoms with Crippen molar-refractivity contribution in [2.45, 2.75) is 39.0 Å². The van der Waals surface area contributed by atoms with Gasteiger partial charge in [-0.2, -0.15) is 0 Å². The maximum atomic E-state index is 12.4. The highest BCUT2D eigenvalue weighted by atomic mass is 16.2. The lowest BCUT2D eigenvalue weighted by Crippen LogP contribution is -2.36. The van der Waals surface area contributed by atoms with Gasteiger partial charge in [0.05, 0.1) is 0 Å². The number of hydrogen-bond acceptors (Lipinski definition) is 3. The van der Waals surface area contributed by atoms with Crippen LogP contribution in [0.5, 0.6) is 0 Å². The number of aromatic nitrogens is 1. The van der Waals surface area contributed by atoms with Gasteiger partial charge in [0.1, 0.15) is 5.69 Å². The number of amides is 2. The maximum Gasteiger partial charge on any atom is 0.272 e. The molecule has 0 saturated carbocycles. The zero-order valence-electron chi connectivity index (χ0n) is 12.6. The second-order valence-electron chi connectivity index (χ2n) is 5.39. The molecular formula is C16H23N3O2. The largest absolute Gasteiger partial charge is 0.352 e. The minimum absolute atomic E-state index is 0.0714. The molecule has 1 aliphatic rings. The predicted octanol–water partition coefficient (Wildman–Crippen LogP) is 2.24. The van der Waals surface area contributed by atoms with Gasteiger partial charge in [0.25, 0.3) is 11.8 Å². The standard InChI is InChI=1S/C16H23N3O2/c1-2-3-8-18-15(20)13-7-9-17-14(12-13)16(21)19-10-5-4-6-11-19/h7,9,12H,2-6,8,10-11H2,1H3,(H,18,20). The number of nitrogens with zero attached hydrogens (tertiary/aromatic N) is 2. The van der Waals surface area contributed by atoms with Crippen molar-refractivity contribution in [1.29, 1.82) is 0 Å². The van der Waals surface area contributed by atoms with E-state index in [1.54, 1.807) is 12.1 Å². The van der Waals surface area contributed by atoms with E-state index in [1.165, 1.54) is 12.6 Å². The summed E-state index contributed by atoms with van der Waals surface area (Å²) in [4.78, 5) is 30.3. The molecule has 1 aliphatic heterocycles. The zero-order chi connectivity index (χ0) is 15.1. The van der Waals surface area contributed by atoms with Gasteiger partial charge in [-0.3, -0.25) is 14.6 Å². The molecule has 2 rings (SSSR count). The van der Waals surface area contributed by atoms with Crippen LogP contribution in [0.4, 0.5) is 0 Å². The van der Waals surface area contributed by atoms with Crippen LogP contribution >= 0.6 is 0 Å². The number of piperidine rings is 1. The topological polar surface area (TPSA) is 62.3 Å². The lowest BCUT2D eigenvalue weighted by molar-refractivity contribution is 0.0718. The lowest BCUT2D eigenvalue weighted by atomic mass is 10.1. The van der Waals surface area contributed by atoms with E-state index in [-0.39, 0.29) is 11.8 Å². The van der Waals surface area contributed by atoms with Crippen LogP contribution in [-0.4, -0.2) is 41.3 Å². The molecule has 5 nitrogen and oxygen atoms in total. The van der Waals surface area contributed by atoms with E-state index in [0.29, 0.717) is 17.8 Å². The molecule has 0 aromatic carbocycles. The van der Waals surface area contributed by atoms with Crippen molar-refractivity contribution in [3.8, 4) is 0 Å². The van der Waals surface area contributed by atoms with E-state index >= 15 is 0 Å². The molecule has 0 aliphatic carbocycles. The van der Waals surface area contributed by atoms with Crippen LogP contribution in [0.1, 0.15) is 59.9 Å². The quantitative estimate of drug-likeness (QED) is 0.846. The number of carbonyl (C=O) groups is 2. The summed E-state index contributed by atoms with van der Waals surface area (Å²) in [6, 6.07) is 3.24. The number of nitrogens with one attached hydrogen (secondary N) is 1. The third kappa shape index (κ3) is 4.28. The third-order valence-electron chi connectivity index (χ3n) is 3.70. The molecular weight excluding hydrogens is 266 g/mol. The van der Waals surface area contributed by atoms with Crippen LogP contribution in [0.3, 0.4) is 0 Å². The maximum absolute atomic E-state index is 12.4. The van der Waals surface area contributed by atoms with Gasteiger partial charge in [-0.05, 0) is 37.8 Å². The lowest BCUT2D eigenvalue weighted by Gasteiger charge is -2.26. The van der Waals surface area contributed by atoms with Crippen LogP contribution in [0.15, 0.2) is 18.3 Å². The fourth-order valence-electron chi connectivity index (χ4n) is 2.43. The van der Waals surface area contributed by atoms with Crippen molar-refractivity contribution in [2.24, 2.45) is 0 Å². The van der Waals surface area contributed by atoms with E-state index in [0.717, 1.165) is 38.8 Å². The van der Waals surface area contributed by atoms with Gasteiger partial charge in [-0.1, -0.05) is 13.3 Å². The monoisotopic (exact) mass is 289 g/mol. The van der Waals surface area contributed by atoms with Crippen LogP contribution in [0.25, 0.3) is 0 Å². The molecule has 5 heteroatoms. The summed E-state index contributed by atoms with van der Waals surface area (Å²) in [5.74, 6) is -0.212. The van der Waals surface area contributed by atoms with Gasteiger partial charge in [-0.15, -0.1) is 0 Å². The van der Waals surface area contributed by atoms with Crippen LogP contribution in [0, 0.1) is 0 Å². The Morgan fingerprint density at radius 2 is 2.05 bits per heavy atom. The highest BCUT2D eigenvalue weighted by Crippen LogP contribution is 2.12. The number of unbranched alkanes of at least 4 members (excludes halogenated alkanes) is 1. The molecule has 0 bridgehead atoms. The normalized spacial score (nSPS) is 14.8. The molecule has 1 fully saturated rings. The van der Waals surface area contributed by atoms with E-state index in [4.69, 9.17) is 0 Å². The number of rotatable bonds is 5. The minimum atomic E-state index is -0.140. The fourth-order valence-corrected chi connectivity index (χ4v) is 2.43. The highest BCUT2D eigenvalue weighted by Gasteiger charge is 2.20. The highest BCUT2D eigenvalue weighted by molar-refractivity contribution is 5.98. The number of likely N-dealkylation sites (tertiary alicyclic amines) is 1. The molecule has 1 saturated heterocycles. The van der Waals surface area contributed by atoms with Crippen LogP contribution in [-0.2, 0) is 0 Å². The van der Waals surface area contributed by atoms with Crippen molar-refractivity contribution in [3.05, 3.63) is 29.6 Å². The Kier molecular flexibility index (Phi) is 5.72. The summed E-state index contributed by atoms with van der Waals surface area (Å²) in [6.07, 6.45) is 6.79. The molecule has 0 atom stereocenters. The summed E-state index contributed by atoms with van der Waals surface area (Å²) in [5, 5.41) is 2.85. The van der Waals surface area contributed by atoms with E-state index < -0.39 is 0 Å². The van der Waals surface area contributed by atoms with Gasteiger partial charge in [0.2, 0.25) is 0 Å². The first-order valence-corrected chi connectivity index (χ1v) is 7.76. The van der Waals surface area contributed by atoms with E-state index in [9.17, 15) is 9.59 Å². The van der Waals surface area contributed by atoms with E-state index in [2.05, 4.69) is 17.2 Å². The van der Waals surface area contributed by atoms with Crippen molar-refractivity contribution in [1.82, 2.24) is 15.2 Å². The molecule has 0 radical (unpaired) electrons. The second kappa shape index (κ2) is 7.76. The Morgan fingerprint density at radius 3 is 2.76 bits per heavy atom.